The Morgan fingerprint density at radius 1 is 0.972 bits per heavy atom. The van der Waals surface area contributed by atoms with Crippen molar-refractivity contribution in [1.29, 1.82) is 0 Å². The molecule has 8 nitrogen and oxygen atoms in total. The normalized spacial score (nSPS) is 11.1. The molecule has 0 saturated heterocycles. The summed E-state index contributed by atoms with van der Waals surface area (Å²) in [5.74, 6) is -1.89. The monoisotopic (exact) mass is 500 g/mol. The van der Waals surface area contributed by atoms with Crippen LogP contribution in [0.2, 0.25) is 0 Å². The number of rotatable bonds is 11. The van der Waals surface area contributed by atoms with Gasteiger partial charge in [-0.3, -0.25) is 23.5 Å². The Morgan fingerprint density at radius 3 is 2.47 bits per heavy atom. The number of amides is 2. The van der Waals surface area contributed by atoms with Crippen molar-refractivity contribution in [3.05, 3.63) is 74.9 Å². The Hall–Kier alpha value is -3.82. The van der Waals surface area contributed by atoms with E-state index < -0.39 is 35.3 Å². The number of nitrogens with zero attached hydrogens (tertiary/aromatic N) is 2. The van der Waals surface area contributed by atoms with Gasteiger partial charge in [0.05, 0.1) is 16.6 Å². The summed E-state index contributed by atoms with van der Waals surface area (Å²) in [5.41, 5.74) is -1.29. The van der Waals surface area contributed by atoms with E-state index in [1.807, 2.05) is 0 Å². The molecule has 2 N–H and O–H groups in total. The predicted octanol–water partition coefficient (Wildman–Crippen LogP) is 3.41. The lowest BCUT2D eigenvalue weighted by atomic mass is 10.1. The number of hydrogen-bond donors (Lipinski definition) is 2. The van der Waals surface area contributed by atoms with Gasteiger partial charge in [0.25, 0.3) is 5.56 Å². The van der Waals surface area contributed by atoms with Crippen LogP contribution >= 0.6 is 0 Å². The number of anilines is 1. The summed E-state index contributed by atoms with van der Waals surface area (Å²) in [6, 6.07) is 9.02. The quantitative estimate of drug-likeness (QED) is 0.394. The predicted molar refractivity (Wildman–Crippen MR) is 134 cm³/mol. The van der Waals surface area contributed by atoms with E-state index in [0.717, 1.165) is 33.8 Å². The van der Waals surface area contributed by atoms with Crippen molar-refractivity contribution in [2.45, 2.75) is 52.6 Å². The molecule has 0 spiro atoms. The summed E-state index contributed by atoms with van der Waals surface area (Å²) >= 11 is 0. The Balaban J connectivity index is 1.75. The fourth-order valence-electron chi connectivity index (χ4n) is 3.79. The van der Waals surface area contributed by atoms with Gasteiger partial charge >= 0.3 is 5.69 Å². The summed E-state index contributed by atoms with van der Waals surface area (Å²) in [6.45, 7) is 4.32. The maximum atomic E-state index is 13.9. The Morgan fingerprint density at radius 2 is 1.72 bits per heavy atom. The molecule has 0 bridgehead atoms. The topological polar surface area (TPSA) is 102 Å². The molecule has 36 heavy (non-hydrogen) atoms. The molecule has 1 aromatic heterocycles. The van der Waals surface area contributed by atoms with Crippen molar-refractivity contribution in [3.8, 4) is 0 Å². The number of benzene rings is 2. The maximum Gasteiger partial charge on any atom is 0.331 e. The molecular weight excluding hydrogens is 470 g/mol. The summed E-state index contributed by atoms with van der Waals surface area (Å²) in [6.07, 6.45) is 2.05. The van der Waals surface area contributed by atoms with E-state index in [1.54, 1.807) is 24.3 Å². The van der Waals surface area contributed by atoms with Crippen molar-refractivity contribution in [1.82, 2.24) is 14.5 Å². The average Bonchev–Trinajstić information content (AvgIpc) is 2.83. The van der Waals surface area contributed by atoms with Gasteiger partial charge < -0.3 is 10.6 Å². The Bertz CT molecular complexity index is 1360. The molecular formula is C26H30F2N4O4. The number of aromatic nitrogens is 2. The number of fused-ring (bicyclic) bond motifs is 1. The molecule has 10 heteroatoms. The molecule has 0 aliphatic carbocycles. The van der Waals surface area contributed by atoms with E-state index in [9.17, 15) is 28.0 Å². The molecule has 0 radical (unpaired) electrons. The Kier molecular flexibility index (Phi) is 9.10. The van der Waals surface area contributed by atoms with Gasteiger partial charge in [-0.05, 0) is 49.4 Å². The third-order valence-corrected chi connectivity index (χ3v) is 5.72. The molecule has 3 rings (SSSR count). The standard InChI is InChI=1S/C26H30F2N4O4/c1-17(2)12-13-29-23(33)9-5-6-14-31-25(35)19-7-3-4-8-22(19)32(26(31)36)16-24(34)30-21-15-18(27)10-11-20(21)28/h3-4,7-8,10-11,15,17H,5-6,9,12-14,16H2,1-2H3,(H,29,33)(H,30,34). The zero-order chi connectivity index (χ0) is 26.2. The summed E-state index contributed by atoms with van der Waals surface area (Å²) in [5, 5.41) is 5.36. The molecule has 2 aromatic carbocycles. The van der Waals surface area contributed by atoms with Gasteiger partial charge in [-0.1, -0.05) is 26.0 Å². The first-order valence-electron chi connectivity index (χ1n) is 11.9. The highest BCUT2D eigenvalue weighted by Crippen LogP contribution is 2.15. The van der Waals surface area contributed by atoms with Crippen LogP contribution in [-0.4, -0.2) is 27.5 Å². The number of carbonyl (C=O) groups excluding carboxylic acids is 2. The highest BCUT2D eigenvalue weighted by Gasteiger charge is 2.16. The third kappa shape index (κ3) is 6.87. The van der Waals surface area contributed by atoms with Crippen molar-refractivity contribution < 1.29 is 18.4 Å². The Labute approximate surface area is 206 Å². The zero-order valence-electron chi connectivity index (χ0n) is 20.4. The van der Waals surface area contributed by atoms with E-state index in [-0.39, 0.29) is 35.5 Å². The average molecular weight is 501 g/mol. The van der Waals surface area contributed by atoms with Gasteiger partial charge in [-0.2, -0.15) is 0 Å². The second-order valence-corrected chi connectivity index (χ2v) is 9.00. The lowest BCUT2D eigenvalue weighted by Gasteiger charge is -2.14. The van der Waals surface area contributed by atoms with Crippen molar-refractivity contribution in [3.63, 3.8) is 0 Å². The SMILES string of the molecule is CC(C)CCNC(=O)CCCCn1c(=O)c2ccccc2n(CC(=O)Nc2cc(F)ccc2F)c1=O. The molecule has 2 amide bonds. The van der Waals surface area contributed by atoms with Crippen LogP contribution < -0.4 is 21.9 Å². The number of para-hydroxylation sites is 1. The van der Waals surface area contributed by atoms with Gasteiger partial charge in [0.15, 0.2) is 0 Å². The smallest absolute Gasteiger partial charge is 0.331 e. The molecule has 0 atom stereocenters. The van der Waals surface area contributed by atoms with Crippen LogP contribution in [-0.2, 0) is 22.7 Å². The van der Waals surface area contributed by atoms with E-state index >= 15 is 0 Å². The van der Waals surface area contributed by atoms with E-state index in [4.69, 9.17) is 0 Å². The van der Waals surface area contributed by atoms with Crippen LogP contribution in [0.25, 0.3) is 10.9 Å². The van der Waals surface area contributed by atoms with Crippen LogP contribution in [0.15, 0.2) is 52.1 Å². The number of halogens is 2. The number of nitrogens with one attached hydrogen (secondary N) is 2. The minimum absolute atomic E-state index is 0.0713. The fourth-order valence-corrected chi connectivity index (χ4v) is 3.79. The van der Waals surface area contributed by atoms with Gasteiger partial charge in [0.2, 0.25) is 11.8 Å². The summed E-state index contributed by atoms with van der Waals surface area (Å²) < 4.78 is 29.5. The first-order chi connectivity index (χ1) is 17.2. The minimum atomic E-state index is -0.819. The first kappa shape index (κ1) is 26.8. The largest absolute Gasteiger partial charge is 0.356 e. The van der Waals surface area contributed by atoms with Gasteiger partial charge in [0.1, 0.15) is 18.2 Å². The molecule has 0 unspecified atom stereocenters. The molecule has 3 aromatic rings. The third-order valence-electron chi connectivity index (χ3n) is 5.72. The molecule has 0 fully saturated rings. The summed E-state index contributed by atoms with van der Waals surface area (Å²) in [7, 11) is 0. The molecule has 192 valence electrons. The van der Waals surface area contributed by atoms with Crippen LogP contribution in [0.5, 0.6) is 0 Å². The molecule has 1 heterocycles. The fraction of sp³-hybridized carbons (Fsp3) is 0.385. The summed E-state index contributed by atoms with van der Waals surface area (Å²) in [4.78, 5) is 50.7. The lowest BCUT2D eigenvalue weighted by Crippen LogP contribution is -2.41. The minimum Gasteiger partial charge on any atom is -0.356 e. The van der Waals surface area contributed by atoms with E-state index in [1.165, 1.54) is 0 Å². The van der Waals surface area contributed by atoms with Crippen LogP contribution in [0.1, 0.15) is 39.5 Å². The highest BCUT2D eigenvalue weighted by molar-refractivity contribution is 5.91. The molecule has 0 aliphatic heterocycles. The zero-order valence-corrected chi connectivity index (χ0v) is 20.4. The van der Waals surface area contributed by atoms with Crippen molar-refractivity contribution >= 4 is 28.4 Å². The highest BCUT2D eigenvalue weighted by atomic mass is 19.1. The second-order valence-electron chi connectivity index (χ2n) is 9.00. The van der Waals surface area contributed by atoms with Crippen LogP contribution in [0.4, 0.5) is 14.5 Å². The number of carbonyl (C=O) groups is 2. The van der Waals surface area contributed by atoms with Crippen LogP contribution in [0.3, 0.4) is 0 Å². The first-order valence-corrected chi connectivity index (χ1v) is 11.9. The van der Waals surface area contributed by atoms with Crippen LogP contribution in [0, 0.1) is 17.6 Å². The number of unbranched alkanes of at least 4 members (excludes halogenated alkanes) is 1. The van der Waals surface area contributed by atoms with Crippen molar-refractivity contribution in [2.24, 2.45) is 5.92 Å². The van der Waals surface area contributed by atoms with Gasteiger partial charge in [-0.15, -0.1) is 0 Å². The molecule has 0 saturated carbocycles. The molecule has 0 aliphatic rings. The van der Waals surface area contributed by atoms with Crippen molar-refractivity contribution in [2.75, 3.05) is 11.9 Å². The van der Waals surface area contributed by atoms with E-state index in [0.29, 0.717) is 25.3 Å². The second kappa shape index (κ2) is 12.2. The van der Waals surface area contributed by atoms with Gasteiger partial charge in [-0.25, -0.2) is 13.6 Å². The van der Waals surface area contributed by atoms with Gasteiger partial charge in [0, 0.05) is 25.6 Å². The number of hydrogen-bond acceptors (Lipinski definition) is 4. The van der Waals surface area contributed by atoms with E-state index in [2.05, 4.69) is 24.5 Å². The lowest BCUT2D eigenvalue weighted by molar-refractivity contribution is -0.121. The maximum absolute atomic E-state index is 13.9.